The van der Waals surface area contributed by atoms with Crippen molar-refractivity contribution in [3.63, 3.8) is 0 Å². The summed E-state index contributed by atoms with van der Waals surface area (Å²) in [6.07, 6.45) is 4.65. The number of fused-ring (bicyclic) bond motifs is 1. The van der Waals surface area contributed by atoms with Crippen molar-refractivity contribution in [3.8, 4) is 6.07 Å². The zero-order valence-electron chi connectivity index (χ0n) is 9.62. The lowest BCUT2D eigenvalue weighted by Crippen LogP contribution is -2.02. The minimum Gasteiger partial charge on any atom is -0.465 e. The van der Waals surface area contributed by atoms with Crippen LogP contribution in [0.1, 0.15) is 5.56 Å². The second-order valence-electron chi connectivity index (χ2n) is 3.47. The van der Waals surface area contributed by atoms with E-state index in [0.717, 1.165) is 5.52 Å². The Morgan fingerprint density at radius 2 is 2.06 bits per heavy atom. The van der Waals surface area contributed by atoms with Crippen LogP contribution in [-0.2, 0) is 9.53 Å². The van der Waals surface area contributed by atoms with E-state index in [4.69, 9.17) is 5.26 Å². The summed E-state index contributed by atoms with van der Waals surface area (Å²) in [6, 6.07) is 7.09. The second-order valence-corrected chi connectivity index (χ2v) is 3.47. The minimum atomic E-state index is -0.656. The van der Waals surface area contributed by atoms with Gasteiger partial charge in [0.2, 0.25) is 0 Å². The molecule has 1 aromatic heterocycles. The number of nitrogens with zero attached hydrogens (tertiary/aromatic N) is 3. The number of ether oxygens (including phenoxy) is 1. The molecule has 18 heavy (non-hydrogen) atoms. The van der Waals surface area contributed by atoms with Crippen molar-refractivity contribution in [2.75, 3.05) is 7.11 Å². The van der Waals surface area contributed by atoms with Crippen LogP contribution in [0.5, 0.6) is 0 Å². The van der Waals surface area contributed by atoms with E-state index in [9.17, 15) is 4.79 Å². The summed E-state index contributed by atoms with van der Waals surface area (Å²) in [5.41, 5.74) is 2.10. The van der Waals surface area contributed by atoms with Gasteiger partial charge in [-0.05, 0) is 23.8 Å². The predicted octanol–water partition coefficient (Wildman–Crippen LogP) is 1.71. The predicted molar refractivity (Wildman–Crippen MR) is 65.1 cm³/mol. The van der Waals surface area contributed by atoms with Crippen LogP contribution in [0.2, 0.25) is 0 Å². The van der Waals surface area contributed by atoms with Crippen LogP contribution >= 0.6 is 0 Å². The molecule has 0 amide bonds. The second kappa shape index (κ2) is 5.06. The molecule has 5 heteroatoms. The fraction of sp³-hybridized carbons (Fsp3) is 0.0769. The van der Waals surface area contributed by atoms with Crippen molar-refractivity contribution in [1.29, 1.82) is 5.26 Å². The normalized spacial score (nSPS) is 11.0. The molecule has 0 radical (unpaired) electrons. The topological polar surface area (TPSA) is 75.9 Å². The van der Waals surface area contributed by atoms with Gasteiger partial charge in [0.15, 0.2) is 0 Å². The summed E-state index contributed by atoms with van der Waals surface area (Å²) in [4.78, 5) is 19.6. The zero-order chi connectivity index (χ0) is 13.0. The molecule has 2 rings (SSSR count). The number of nitriles is 1. The third kappa shape index (κ3) is 2.33. The molecule has 0 spiro atoms. The number of hydrogen-bond acceptors (Lipinski definition) is 5. The summed E-state index contributed by atoms with van der Waals surface area (Å²) >= 11 is 0. The monoisotopic (exact) mass is 239 g/mol. The number of hydrogen-bond donors (Lipinski definition) is 0. The molecule has 0 unspecified atom stereocenters. The SMILES string of the molecule is COC(=O)C(C#N)=Cc1ccc2nccnc2c1. The van der Waals surface area contributed by atoms with Crippen LogP contribution in [-0.4, -0.2) is 23.0 Å². The number of methoxy groups -OCH3 is 1. The van der Waals surface area contributed by atoms with Crippen LogP contribution in [0.4, 0.5) is 0 Å². The van der Waals surface area contributed by atoms with Crippen LogP contribution in [0, 0.1) is 11.3 Å². The zero-order valence-corrected chi connectivity index (χ0v) is 9.62. The van der Waals surface area contributed by atoms with Crippen molar-refractivity contribution < 1.29 is 9.53 Å². The van der Waals surface area contributed by atoms with Crippen LogP contribution in [0.25, 0.3) is 17.1 Å². The molecule has 0 fully saturated rings. The molecular weight excluding hydrogens is 230 g/mol. The maximum atomic E-state index is 11.3. The molecule has 0 aliphatic rings. The van der Waals surface area contributed by atoms with Crippen molar-refractivity contribution in [3.05, 3.63) is 41.7 Å². The fourth-order valence-electron chi connectivity index (χ4n) is 1.48. The van der Waals surface area contributed by atoms with Gasteiger partial charge in [0, 0.05) is 12.4 Å². The number of carbonyl (C=O) groups is 1. The van der Waals surface area contributed by atoms with Gasteiger partial charge in [0.25, 0.3) is 0 Å². The Balaban J connectivity index is 2.46. The highest BCUT2D eigenvalue weighted by Crippen LogP contribution is 2.14. The quantitative estimate of drug-likeness (QED) is 0.453. The number of aromatic nitrogens is 2. The van der Waals surface area contributed by atoms with E-state index in [1.165, 1.54) is 13.2 Å². The Labute approximate surface area is 103 Å². The first-order chi connectivity index (χ1) is 8.74. The smallest absolute Gasteiger partial charge is 0.348 e. The summed E-state index contributed by atoms with van der Waals surface area (Å²) < 4.78 is 4.51. The summed E-state index contributed by atoms with van der Waals surface area (Å²) in [6.45, 7) is 0. The Bertz CT molecular complexity index is 671. The molecule has 0 aliphatic heterocycles. The Morgan fingerprint density at radius 3 is 2.72 bits per heavy atom. The lowest BCUT2D eigenvalue weighted by Gasteiger charge is -1.99. The van der Waals surface area contributed by atoms with Crippen molar-refractivity contribution in [2.45, 2.75) is 0 Å². The average molecular weight is 239 g/mol. The Morgan fingerprint density at radius 1 is 1.33 bits per heavy atom. The average Bonchev–Trinajstić information content (AvgIpc) is 2.43. The van der Waals surface area contributed by atoms with Crippen molar-refractivity contribution in [2.24, 2.45) is 0 Å². The van der Waals surface area contributed by atoms with Crippen LogP contribution in [0.15, 0.2) is 36.2 Å². The Kier molecular flexibility index (Phi) is 3.30. The first-order valence-corrected chi connectivity index (χ1v) is 5.15. The minimum absolute atomic E-state index is 0.0549. The third-order valence-electron chi connectivity index (χ3n) is 2.33. The van der Waals surface area contributed by atoms with Gasteiger partial charge in [-0.25, -0.2) is 4.79 Å². The van der Waals surface area contributed by atoms with Gasteiger partial charge < -0.3 is 4.74 Å². The van der Waals surface area contributed by atoms with Gasteiger partial charge in [-0.1, -0.05) is 6.07 Å². The lowest BCUT2D eigenvalue weighted by atomic mass is 10.1. The number of benzene rings is 1. The summed E-state index contributed by atoms with van der Waals surface area (Å²) in [7, 11) is 1.24. The highest BCUT2D eigenvalue weighted by molar-refractivity contribution is 5.98. The molecule has 1 heterocycles. The number of esters is 1. The van der Waals surface area contributed by atoms with E-state index in [1.54, 1.807) is 36.7 Å². The fourth-order valence-corrected chi connectivity index (χ4v) is 1.48. The molecule has 0 saturated heterocycles. The molecule has 0 bridgehead atoms. The van der Waals surface area contributed by atoms with E-state index in [1.807, 2.05) is 0 Å². The lowest BCUT2D eigenvalue weighted by molar-refractivity contribution is -0.135. The maximum Gasteiger partial charge on any atom is 0.348 e. The first kappa shape index (κ1) is 11.7. The molecular formula is C13H9N3O2. The Hall–Kier alpha value is -2.74. The maximum absolute atomic E-state index is 11.3. The summed E-state index contributed by atoms with van der Waals surface area (Å²) in [5, 5.41) is 8.86. The molecule has 88 valence electrons. The first-order valence-electron chi connectivity index (χ1n) is 5.15. The molecule has 1 aromatic carbocycles. The van der Waals surface area contributed by atoms with E-state index < -0.39 is 5.97 Å². The summed E-state index contributed by atoms with van der Waals surface area (Å²) in [5.74, 6) is -0.656. The largest absolute Gasteiger partial charge is 0.465 e. The van der Waals surface area contributed by atoms with Gasteiger partial charge in [-0.2, -0.15) is 5.26 Å². The standard InChI is InChI=1S/C13H9N3O2/c1-18-13(17)10(8-14)6-9-2-3-11-12(7-9)16-5-4-15-11/h2-7H,1H3. The number of rotatable bonds is 2. The van der Waals surface area contributed by atoms with E-state index in [0.29, 0.717) is 11.1 Å². The molecule has 0 atom stereocenters. The highest BCUT2D eigenvalue weighted by atomic mass is 16.5. The molecule has 0 N–H and O–H groups in total. The van der Waals surface area contributed by atoms with Gasteiger partial charge in [0.05, 0.1) is 18.1 Å². The van der Waals surface area contributed by atoms with E-state index >= 15 is 0 Å². The van der Waals surface area contributed by atoms with Gasteiger partial charge in [0.1, 0.15) is 11.6 Å². The van der Waals surface area contributed by atoms with Crippen LogP contribution < -0.4 is 0 Å². The molecule has 2 aromatic rings. The molecule has 5 nitrogen and oxygen atoms in total. The van der Waals surface area contributed by atoms with E-state index in [2.05, 4.69) is 14.7 Å². The number of carbonyl (C=O) groups excluding carboxylic acids is 1. The van der Waals surface area contributed by atoms with Gasteiger partial charge in [-0.15, -0.1) is 0 Å². The third-order valence-corrected chi connectivity index (χ3v) is 2.33. The van der Waals surface area contributed by atoms with Crippen molar-refractivity contribution in [1.82, 2.24) is 9.97 Å². The molecule has 0 saturated carbocycles. The highest BCUT2D eigenvalue weighted by Gasteiger charge is 2.08. The van der Waals surface area contributed by atoms with Gasteiger partial charge >= 0.3 is 5.97 Å². The van der Waals surface area contributed by atoms with Crippen LogP contribution in [0.3, 0.4) is 0 Å². The van der Waals surface area contributed by atoms with E-state index in [-0.39, 0.29) is 5.57 Å². The molecule has 0 aliphatic carbocycles. The van der Waals surface area contributed by atoms with Crippen molar-refractivity contribution >= 4 is 23.1 Å². The van der Waals surface area contributed by atoms with Gasteiger partial charge in [-0.3, -0.25) is 9.97 Å².